The van der Waals surface area contributed by atoms with Gasteiger partial charge in [0, 0.05) is 40.1 Å². The number of carbonyl (C=O) groups is 1. The zero-order valence-corrected chi connectivity index (χ0v) is 25.1. The SMILES string of the molecule is O=C1c2c(OCc3ccccc3)c(=O)ccn2N2CN1C1(/C=C/COc3cc(F)c(F)c4c3C2c2ccccc2SC4)CCC1. The minimum absolute atomic E-state index is 0.0485. The summed E-state index contributed by atoms with van der Waals surface area (Å²) in [4.78, 5) is 30.7. The summed E-state index contributed by atoms with van der Waals surface area (Å²) in [6.45, 7) is 0.359. The van der Waals surface area contributed by atoms with Crippen LogP contribution in [-0.2, 0) is 12.4 Å². The first-order valence-electron chi connectivity index (χ1n) is 15.0. The molecule has 1 saturated carbocycles. The minimum atomic E-state index is -0.973. The molecule has 4 aromatic rings. The van der Waals surface area contributed by atoms with E-state index in [0.717, 1.165) is 41.4 Å². The van der Waals surface area contributed by atoms with Gasteiger partial charge in [-0.2, -0.15) is 0 Å². The van der Waals surface area contributed by atoms with E-state index >= 15 is 8.78 Å². The second-order valence-electron chi connectivity index (χ2n) is 11.8. The number of aromatic nitrogens is 1. The minimum Gasteiger partial charge on any atom is -0.489 e. The molecular weight excluding hydrogens is 596 g/mol. The molecule has 8 rings (SSSR count). The molecule has 4 aliphatic rings. The normalized spacial score (nSPS) is 20.0. The molecule has 3 aliphatic heterocycles. The second kappa shape index (κ2) is 10.8. The highest BCUT2D eigenvalue weighted by molar-refractivity contribution is 7.98. The van der Waals surface area contributed by atoms with E-state index in [9.17, 15) is 9.59 Å². The number of nitrogens with zero attached hydrogens (tertiary/aromatic N) is 3. The van der Waals surface area contributed by atoms with E-state index in [-0.39, 0.29) is 54.3 Å². The van der Waals surface area contributed by atoms with Crippen molar-refractivity contribution in [2.45, 2.75) is 48.1 Å². The first-order valence-corrected chi connectivity index (χ1v) is 16.0. The molecule has 3 aromatic carbocycles. The Kier molecular flexibility index (Phi) is 6.71. The first-order chi connectivity index (χ1) is 21.9. The van der Waals surface area contributed by atoms with Crippen LogP contribution in [0.25, 0.3) is 0 Å². The molecule has 0 saturated heterocycles. The number of fused-ring (bicyclic) bond motifs is 8. The maximum atomic E-state index is 15.7. The number of benzene rings is 3. The van der Waals surface area contributed by atoms with Crippen LogP contribution in [0.1, 0.15) is 58.0 Å². The van der Waals surface area contributed by atoms with E-state index in [1.54, 1.807) is 10.9 Å². The Morgan fingerprint density at radius 2 is 1.82 bits per heavy atom. The molecule has 228 valence electrons. The molecule has 1 fully saturated rings. The van der Waals surface area contributed by atoms with Crippen molar-refractivity contribution in [1.29, 1.82) is 0 Å². The number of thioether (sulfide) groups is 1. The number of rotatable bonds is 3. The van der Waals surface area contributed by atoms with Gasteiger partial charge in [0.25, 0.3) is 5.91 Å². The maximum absolute atomic E-state index is 15.7. The molecule has 45 heavy (non-hydrogen) atoms. The topological polar surface area (TPSA) is 64.0 Å². The van der Waals surface area contributed by atoms with Crippen molar-refractivity contribution in [2.24, 2.45) is 0 Å². The van der Waals surface area contributed by atoms with Crippen molar-refractivity contribution in [3.63, 3.8) is 0 Å². The fourth-order valence-electron chi connectivity index (χ4n) is 6.89. The Hall–Kier alpha value is -4.57. The number of hydrogen-bond acceptors (Lipinski definition) is 6. The van der Waals surface area contributed by atoms with Crippen molar-refractivity contribution >= 4 is 17.7 Å². The van der Waals surface area contributed by atoms with Crippen molar-refractivity contribution < 1.29 is 23.0 Å². The molecule has 0 N–H and O–H groups in total. The van der Waals surface area contributed by atoms with Crippen molar-refractivity contribution in [3.8, 4) is 11.5 Å². The lowest BCUT2D eigenvalue weighted by atomic mass is 9.74. The predicted molar refractivity (Wildman–Crippen MR) is 166 cm³/mol. The molecule has 4 heterocycles. The average Bonchev–Trinajstić information content (AvgIpc) is 3.21. The molecule has 1 aromatic heterocycles. The van der Waals surface area contributed by atoms with Gasteiger partial charge in [0.05, 0.1) is 5.54 Å². The van der Waals surface area contributed by atoms with Crippen LogP contribution in [0.4, 0.5) is 8.78 Å². The summed E-state index contributed by atoms with van der Waals surface area (Å²) in [7, 11) is 0. The van der Waals surface area contributed by atoms with Gasteiger partial charge in [-0.05, 0) is 42.5 Å². The Morgan fingerprint density at radius 3 is 2.62 bits per heavy atom. The molecule has 1 atom stereocenters. The quantitative estimate of drug-likeness (QED) is 0.248. The molecule has 2 bridgehead atoms. The van der Waals surface area contributed by atoms with Gasteiger partial charge in [0.2, 0.25) is 5.43 Å². The van der Waals surface area contributed by atoms with Gasteiger partial charge >= 0.3 is 0 Å². The molecule has 1 aliphatic carbocycles. The third-order valence-corrected chi connectivity index (χ3v) is 10.4. The highest BCUT2D eigenvalue weighted by Gasteiger charge is 2.49. The summed E-state index contributed by atoms with van der Waals surface area (Å²) < 4.78 is 44.9. The van der Waals surface area contributed by atoms with Gasteiger partial charge < -0.3 is 14.4 Å². The van der Waals surface area contributed by atoms with E-state index in [4.69, 9.17) is 9.47 Å². The molecule has 7 nitrogen and oxygen atoms in total. The van der Waals surface area contributed by atoms with Gasteiger partial charge in [0.15, 0.2) is 23.1 Å². The first kappa shape index (κ1) is 27.9. The number of ether oxygens (including phenoxy) is 2. The van der Waals surface area contributed by atoms with E-state index in [1.807, 2.05) is 76.7 Å². The van der Waals surface area contributed by atoms with Gasteiger partial charge in [-0.15, -0.1) is 11.8 Å². The number of hydrogen-bond donors (Lipinski definition) is 0. The standard InChI is InChI=1S/C35H29F2N3O4S/c36-25-18-27-29-24(30(25)37)20-45-28-11-5-4-10-23(28)31(29)40-21-38(35(13-6-14-35)15-7-17-43-27)34(42)32-33(26(41)12-16-39(32)40)44-19-22-8-2-1-3-9-22/h1-5,7-12,15-16,18,31H,6,13-14,17,19-21H2/b15-7+. The van der Waals surface area contributed by atoms with Crippen molar-refractivity contribution in [1.82, 2.24) is 9.58 Å². The van der Waals surface area contributed by atoms with Gasteiger partial charge in [-0.3, -0.25) is 19.3 Å². The van der Waals surface area contributed by atoms with E-state index < -0.39 is 28.6 Å². The summed E-state index contributed by atoms with van der Waals surface area (Å²) in [5.41, 5.74) is 1.50. The van der Waals surface area contributed by atoms with Crippen LogP contribution in [-0.4, -0.2) is 34.3 Å². The lowest BCUT2D eigenvalue weighted by Gasteiger charge is -2.54. The molecule has 0 radical (unpaired) electrons. The lowest BCUT2D eigenvalue weighted by Crippen LogP contribution is -2.64. The van der Waals surface area contributed by atoms with Crippen LogP contribution >= 0.6 is 11.8 Å². The van der Waals surface area contributed by atoms with Crippen LogP contribution in [0.15, 0.2) is 94.8 Å². The van der Waals surface area contributed by atoms with Crippen LogP contribution in [0.3, 0.4) is 0 Å². The number of amides is 1. The summed E-state index contributed by atoms with van der Waals surface area (Å²) in [5.74, 6) is -1.82. The molecule has 1 amide bonds. The fraction of sp³-hybridized carbons (Fsp3) is 0.257. The van der Waals surface area contributed by atoms with Gasteiger partial charge in [-0.25, -0.2) is 8.78 Å². The monoisotopic (exact) mass is 625 g/mol. The molecule has 1 spiro atoms. The number of pyridine rings is 1. The molecule has 1 unspecified atom stereocenters. The lowest BCUT2D eigenvalue weighted by molar-refractivity contribution is 0.0252. The average molecular weight is 626 g/mol. The largest absolute Gasteiger partial charge is 0.489 e. The highest BCUT2D eigenvalue weighted by Crippen LogP contribution is 2.49. The van der Waals surface area contributed by atoms with Crippen LogP contribution in [0, 0.1) is 11.6 Å². The molecular formula is C35H29F2N3O4S. The molecule has 10 heteroatoms. The fourth-order valence-corrected chi connectivity index (χ4v) is 8.00. The summed E-state index contributed by atoms with van der Waals surface area (Å²) in [6, 6.07) is 19.0. The van der Waals surface area contributed by atoms with Gasteiger partial charge in [-0.1, -0.05) is 54.6 Å². The summed E-state index contributed by atoms with van der Waals surface area (Å²) >= 11 is 1.43. The second-order valence-corrected chi connectivity index (χ2v) is 12.8. The van der Waals surface area contributed by atoms with Crippen molar-refractivity contribution in [2.75, 3.05) is 18.3 Å². The van der Waals surface area contributed by atoms with Crippen LogP contribution < -0.4 is 19.9 Å². The van der Waals surface area contributed by atoms with Gasteiger partial charge in [0.1, 0.15) is 31.7 Å². The van der Waals surface area contributed by atoms with E-state index in [1.165, 1.54) is 17.8 Å². The van der Waals surface area contributed by atoms with Crippen LogP contribution in [0.2, 0.25) is 0 Å². The van der Waals surface area contributed by atoms with E-state index in [2.05, 4.69) is 0 Å². The zero-order valence-electron chi connectivity index (χ0n) is 24.2. The Labute approximate surface area is 262 Å². The Morgan fingerprint density at radius 1 is 1.02 bits per heavy atom. The van der Waals surface area contributed by atoms with Crippen molar-refractivity contribution in [3.05, 3.63) is 135 Å². The third kappa shape index (κ3) is 4.45. The van der Waals surface area contributed by atoms with Crippen LogP contribution in [0.5, 0.6) is 11.5 Å². The third-order valence-electron chi connectivity index (χ3n) is 9.27. The smallest absolute Gasteiger partial charge is 0.278 e. The predicted octanol–water partition coefficient (Wildman–Crippen LogP) is 6.32. The Balaban J connectivity index is 1.40. The Bertz CT molecular complexity index is 1920. The summed E-state index contributed by atoms with van der Waals surface area (Å²) in [5, 5.41) is 1.96. The summed E-state index contributed by atoms with van der Waals surface area (Å²) in [6.07, 6.45) is 7.81. The number of carbonyl (C=O) groups excluding carboxylic acids is 1. The van der Waals surface area contributed by atoms with E-state index in [0.29, 0.717) is 5.56 Å². The maximum Gasteiger partial charge on any atom is 0.278 e. The highest BCUT2D eigenvalue weighted by atomic mass is 32.2. The zero-order chi connectivity index (χ0) is 30.7. The number of halogens is 2.